The van der Waals surface area contributed by atoms with Crippen LogP contribution in [0.25, 0.3) is 0 Å². The Balaban J connectivity index is 2.05. The van der Waals surface area contributed by atoms with Crippen molar-refractivity contribution in [2.45, 2.75) is 51.8 Å². The topological polar surface area (TPSA) is 42.4 Å². The van der Waals surface area contributed by atoms with Gasteiger partial charge in [-0.05, 0) is 63.6 Å². The van der Waals surface area contributed by atoms with Crippen molar-refractivity contribution < 1.29 is 22.7 Å². The van der Waals surface area contributed by atoms with Crippen molar-refractivity contribution >= 4 is 17.7 Å². The lowest BCUT2D eigenvalue weighted by Crippen LogP contribution is -2.43. The summed E-state index contributed by atoms with van der Waals surface area (Å²) < 4.78 is 43.9. The molecule has 0 bridgehead atoms. The highest BCUT2D eigenvalue weighted by atomic mass is 35.5. The van der Waals surface area contributed by atoms with Gasteiger partial charge in [0.1, 0.15) is 16.4 Å². The third-order valence-corrected chi connectivity index (χ3v) is 4.03. The molecule has 1 fully saturated rings. The number of ether oxygens (including phenoxy) is 1. The molecule has 0 unspecified atom stereocenters. The predicted molar refractivity (Wildman–Crippen MR) is 88.5 cm³/mol. The minimum Gasteiger partial charge on any atom is -0.444 e. The van der Waals surface area contributed by atoms with Gasteiger partial charge in [-0.3, -0.25) is 0 Å². The number of hydrogen-bond acceptors (Lipinski definition) is 3. The van der Waals surface area contributed by atoms with E-state index >= 15 is 0 Å². The smallest absolute Gasteiger partial charge is 0.433 e. The molecule has 1 aromatic heterocycles. The van der Waals surface area contributed by atoms with E-state index in [1.807, 2.05) is 0 Å². The van der Waals surface area contributed by atoms with Gasteiger partial charge in [-0.2, -0.15) is 13.2 Å². The van der Waals surface area contributed by atoms with Gasteiger partial charge in [0.25, 0.3) is 0 Å². The molecule has 1 aliphatic heterocycles. The second kappa shape index (κ2) is 7.40. The van der Waals surface area contributed by atoms with E-state index in [4.69, 9.17) is 16.3 Å². The molecular weight excluding hydrogens is 357 g/mol. The second-order valence-electron chi connectivity index (χ2n) is 7.32. The number of carbonyl (C=O) groups excluding carboxylic acids is 1. The molecule has 1 amide bonds. The van der Waals surface area contributed by atoms with Gasteiger partial charge in [-0.25, -0.2) is 9.78 Å². The van der Waals surface area contributed by atoms with Crippen LogP contribution in [0.3, 0.4) is 0 Å². The van der Waals surface area contributed by atoms with Crippen molar-refractivity contribution in [2.75, 3.05) is 13.1 Å². The number of amides is 1. The molecule has 0 saturated carbocycles. The first-order chi connectivity index (χ1) is 11.4. The van der Waals surface area contributed by atoms with Crippen molar-refractivity contribution in [1.29, 1.82) is 0 Å². The minimum absolute atomic E-state index is 0.0563. The zero-order valence-electron chi connectivity index (χ0n) is 14.5. The van der Waals surface area contributed by atoms with E-state index in [1.165, 1.54) is 6.07 Å². The minimum atomic E-state index is -4.53. The van der Waals surface area contributed by atoms with Crippen LogP contribution in [-0.4, -0.2) is 34.7 Å². The molecule has 4 nitrogen and oxygen atoms in total. The Morgan fingerprint density at radius 3 is 2.64 bits per heavy atom. The number of carbonyl (C=O) groups is 1. The van der Waals surface area contributed by atoms with Gasteiger partial charge in [0.05, 0.1) is 0 Å². The van der Waals surface area contributed by atoms with Crippen LogP contribution in [0.15, 0.2) is 12.1 Å². The lowest BCUT2D eigenvalue weighted by molar-refractivity contribution is -0.141. The predicted octanol–water partition coefficient (Wildman–Crippen LogP) is 4.94. The molecular formula is C17H22ClF3N2O2. The fourth-order valence-electron chi connectivity index (χ4n) is 2.87. The van der Waals surface area contributed by atoms with Crippen LogP contribution in [0.1, 0.15) is 44.9 Å². The molecule has 2 heterocycles. The maximum atomic E-state index is 12.9. The summed E-state index contributed by atoms with van der Waals surface area (Å²) in [4.78, 5) is 17.1. The van der Waals surface area contributed by atoms with Crippen LogP contribution in [0.4, 0.5) is 18.0 Å². The highest BCUT2D eigenvalue weighted by Gasteiger charge is 2.34. The van der Waals surface area contributed by atoms with Crippen LogP contribution < -0.4 is 0 Å². The summed E-state index contributed by atoms with van der Waals surface area (Å²) >= 11 is 5.73. The fourth-order valence-corrected chi connectivity index (χ4v) is 3.10. The van der Waals surface area contributed by atoms with E-state index in [2.05, 4.69) is 4.98 Å². The number of likely N-dealkylation sites (tertiary alicyclic amines) is 1. The maximum absolute atomic E-state index is 12.9. The third kappa shape index (κ3) is 6.06. The molecule has 0 radical (unpaired) electrons. The third-order valence-electron chi connectivity index (χ3n) is 3.84. The molecule has 0 spiro atoms. The van der Waals surface area contributed by atoms with Gasteiger partial charge >= 0.3 is 12.3 Å². The lowest BCUT2D eigenvalue weighted by atomic mass is 9.91. The summed E-state index contributed by atoms with van der Waals surface area (Å²) in [6.07, 6.45) is -2.89. The molecule has 0 aliphatic carbocycles. The number of alkyl halides is 3. The Bertz CT molecular complexity index is 629. The first-order valence-corrected chi connectivity index (χ1v) is 8.53. The summed E-state index contributed by atoms with van der Waals surface area (Å²) in [5.41, 5.74) is -1.09. The van der Waals surface area contributed by atoms with Gasteiger partial charge < -0.3 is 9.64 Å². The highest BCUT2D eigenvalue weighted by Crippen LogP contribution is 2.31. The van der Waals surface area contributed by atoms with E-state index < -0.39 is 17.5 Å². The normalized spacial score (nSPS) is 19.0. The van der Waals surface area contributed by atoms with E-state index in [1.54, 1.807) is 25.7 Å². The largest absolute Gasteiger partial charge is 0.444 e. The van der Waals surface area contributed by atoms with Gasteiger partial charge in [-0.1, -0.05) is 11.6 Å². The number of rotatable bonds is 2. The van der Waals surface area contributed by atoms with Gasteiger partial charge in [0.15, 0.2) is 0 Å². The fraction of sp³-hybridized carbons (Fsp3) is 0.647. The molecule has 2 rings (SSSR count). The average molecular weight is 379 g/mol. The monoisotopic (exact) mass is 378 g/mol. The Morgan fingerprint density at radius 1 is 1.36 bits per heavy atom. The summed E-state index contributed by atoms with van der Waals surface area (Å²) in [6.45, 7) is 6.43. The summed E-state index contributed by atoms with van der Waals surface area (Å²) in [5.74, 6) is 0.0563. The first-order valence-electron chi connectivity index (χ1n) is 8.15. The average Bonchev–Trinajstić information content (AvgIpc) is 2.44. The Labute approximate surface area is 150 Å². The summed E-state index contributed by atoms with van der Waals surface area (Å²) in [6, 6.07) is 2.47. The van der Waals surface area contributed by atoms with E-state index in [0.717, 1.165) is 18.9 Å². The van der Waals surface area contributed by atoms with Crippen molar-refractivity contribution in [3.63, 3.8) is 0 Å². The second-order valence-corrected chi connectivity index (χ2v) is 7.71. The Hall–Kier alpha value is -1.50. The van der Waals surface area contributed by atoms with Crippen LogP contribution in [0.5, 0.6) is 0 Å². The SMILES string of the molecule is CC(C)(C)OC(=O)N1CCC[C@H](Cc2cc(Cl)nc(C(F)(F)F)c2)C1. The van der Waals surface area contributed by atoms with Crippen molar-refractivity contribution in [1.82, 2.24) is 9.88 Å². The molecule has 8 heteroatoms. The summed E-state index contributed by atoms with van der Waals surface area (Å²) in [7, 11) is 0. The number of piperidine rings is 1. The molecule has 0 aromatic carbocycles. The molecule has 1 atom stereocenters. The standard InChI is InChI=1S/C17H22ClF3N2O2/c1-16(2,3)25-15(24)23-6-4-5-11(10-23)7-12-8-13(17(19,20)21)22-14(18)9-12/h8-9,11H,4-7,10H2,1-3H3/t11-/m1/s1. The number of nitrogens with zero attached hydrogens (tertiary/aromatic N) is 2. The maximum Gasteiger partial charge on any atom is 0.433 e. The molecule has 1 aromatic rings. The van der Waals surface area contributed by atoms with Gasteiger partial charge in [-0.15, -0.1) is 0 Å². The van der Waals surface area contributed by atoms with Crippen molar-refractivity contribution in [3.8, 4) is 0 Å². The Morgan fingerprint density at radius 2 is 2.04 bits per heavy atom. The summed E-state index contributed by atoms with van der Waals surface area (Å²) in [5, 5.41) is -0.176. The molecule has 0 N–H and O–H groups in total. The molecule has 1 aliphatic rings. The van der Waals surface area contributed by atoms with E-state index in [0.29, 0.717) is 25.1 Å². The molecule has 140 valence electrons. The van der Waals surface area contributed by atoms with Crippen molar-refractivity contribution in [3.05, 3.63) is 28.5 Å². The van der Waals surface area contributed by atoms with Crippen LogP contribution in [0.2, 0.25) is 5.15 Å². The number of aromatic nitrogens is 1. The number of halogens is 4. The van der Waals surface area contributed by atoms with Gasteiger partial charge in [0.2, 0.25) is 0 Å². The van der Waals surface area contributed by atoms with Crippen LogP contribution >= 0.6 is 11.6 Å². The number of hydrogen-bond donors (Lipinski definition) is 0. The number of pyridine rings is 1. The van der Waals surface area contributed by atoms with Crippen molar-refractivity contribution in [2.24, 2.45) is 5.92 Å². The zero-order valence-corrected chi connectivity index (χ0v) is 15.2. The van der Waals surface area contributed by atoms with E-state index in [-0.39, 0.29) is 17.2 Å². The van der Waals surface area contributed by atoms with Gasteiger partial charge in [0, 0.05) is 13.1 Å². The molecule has 1 saturated heterocycles. The highest BCUT2D eigenvalue weighted by molar-refractivity contribution is 6.29. The van der Waals surface area contributed by atoms with Crippen LogP contribution in [-0.2, 0) is 17.3 Å². The lowest BCUT2D eigenvalue weighted by Gasteiger charge is -2.34. The zero-order chi connectivity index (χ0) is 18.8. The van der Waals surface area contributed by atoms with E-state index in [9.17, 15) is 18.0 Å². The molecule has 25 heavy (non-hydrogen) atoms. The first kappa shape index (κ1) is 19.8. The quantitative estimate of drug-likeness (QED) is 0.684. The van der Waals surface area contributed by atoms with Crippen LogP contribution in [0, 0.1) is 5.92 Å². The Kier molecular flexibility index (Phi) is 5.86.